The molecule has 1 N–H and O–H groups in total. The largest absolute Gasteiger partial charge is 0.339 e. The zero-order chi connectivity index (χ0) is 16.2. The van der Waals surface area contributed by atoms with Gasteiger partial charge >= 0.3 is 0 Å². The van der Waals surface area contributed by atoms with E-state index in [9.17, 15) is 9.59 Å². The number of hydrogen-bond acceptors (Lipinski definition) is 3. The van der Waals surface area contributed by atoms with Gasteiger partial charge in [-0.15, -0.1) is 0 Å². The average Bonchev–Trinajstić information content (AvgIpc) is 3.05. The number of aryl methyl sites for hydroxylation is 1. The van der Waals surface area contributed by atoms with Gasteiger partial charge in [-0.05, 0) is 19.8 Å². The van der Waals surface area contributed by atoms with Gasteiger partial charge in [0.25, 0.3) is 0 Å². The van der Waals surface area contributed by atoms with Crippen LogP contribution in [0.3, 0.4) is 0 Å². The van der Waals surface area contributed by atoms with Crippen molar-refractivity contribution in [3.8, 4) is 0 Å². The molecule has 0 bridgehead atoms. The summed E-state index contributed by atoms with van der Waals surface area (Å²) in [6.45, 7) is 3.34. The summed E-state index contributed by atoms with van der Waals surface area (Å²) in [6, 6.07) is 0.339. The lowest BCUT2D eigenvalue weighted by molar-refractivity contribution is -0.130. The van der Waals surface area contributed by atoms with E-state index in [1.165, 1.54) is 25.7 Å². The highest BCUT2D eigenvalue weighted by Gasteiger charge is 2.37. The molecular formula is C17H26N4O2. The zero-order valence-electron chi connectivity index (χ0n) is 13.8. The molecule has 23 heavy (non-hydrogen) atoms. The van der Waals surface area contributed by atoms with Gasteiger partial charge < -0.3 is 10.2 Å². The van der Waals surface area contributed by atoms with Gasteiger partial charge in [-0.3, -0.25) is 14.3 Å². The summed E-state index contributed by atoms with van der Waals surface area (Å²) >= 11 is 0. The molecule has 2 heterocycles. The fourth-order valence-corrected chi connectivity index (χ4v) is 3.68. The van der Waals surface area contributed by atoms with Gasteiger partial charge in [0.2, 0.25) is 11.8 Å². The first kappa shape index (κ1) is 16.0. The molecule has 2 fully saturated rings. The van der Waals surface area contributed by atoms with Crippen molar-refractivity contribution < 1.29 is 9.59 Å². The lowest BCUT2D eigenvalue weighted by Crippen LogP contribution is -2.37. The van der Waals surface area contributed by atoms with Crippen molar-refractivity contribution in [3.05, 3.63) is 12.4 Å². The van der Waals surface area contributed by atoms with Crippen LogP contribution in [-0.2, 0) is 16.1 Å². The Morgan fingerprint density at radius 2 is 2.04 bits per heavy atom. The summed E-state index contributed by atoms with van der Waals surface area (Å²) in [5, 5.41) is 7.05. The van der Waals surface area contributed by atoms with E-state index in [-0.39, 0.29) is 17.7 Å². The molecule has 3 rings (SSSR count). The molecule has 1 unspecified atom stereocenters. The molecular weight excluding hydrogens is 292 g/mol. The van der Waals surface area contributed by atoms with E-state index in [0.29, 0.717) is 24.7 Å². The van der Waals surface area contributed by atoms with Crippen molar-refractivity contribution in [2.24, 2.45) is 5.92 Å². The summed E-state index contributed by atoms with van der Waals surface area (Å²) in [7, 11) is 0. The molecule has 6 heteroatoms. The van der Waals surface area contributed by atoms with E-state index < -0.39 is 0 Å². The van der Waals surface area contributed by atoms with E-state index in [4.69, 9.17) is 0 Å². The van der Waals surface area contributed by atoms with Crippen LogP contribution in [-0.4, -0.2) is 39.1 Å². The van der Waals surface area contributed by atoms with Crippen LogP contribution in [0.25, 0.3) is 0 Å². The minimum Gasteiger partial charge on any atom is -0.339 e. The monoisotopic (exact) mass is 318 g/mol. The Morgan fingerprint density at radius 1 is 1.30 bits per heavy atom. The Bertz CT molecular complexity index is 561. The number of carbonyl (C=O) groups excluding carboxylic acids is 2. The molecule has 1 aliphatic carbocycles. The number of nitrogens with one attached hydrogen (secondary N) is 1. The number of hydrogen-bond donors (Lipinski definition) is 1. The molecule has 0 spiro atoms. The summed E-state index contributed by atoms with van der Waals surface area (Å²) in [5.41, 5.74) is 0.706. The summed E-state index contributed by atoms with van der Waals surface area (Å²) in [6.07, 6.45) is 10.9. The van der Waals surface area contributed by atoms with Crippen LogP contribution >= 0.6 is 0 Å². The van der Waals surface area contributed by atoms with E-state index in [0.717, 1.165) is 19.4 Å². The summed E-state index contributed by atoms with van der Waals surface area (Å²) < 4.78 is 1.77. The quantitative estimate of drug-likeness (QED) is 0.867. The SMILES string of the molecule is CCn1cc(NC(=O)C2CC(=O)N(C3CCCCCC3)C2)cn1. The van der Waals surface area contributed by atoms with Crippen molar-refractivity contribution in [2.75, 3.05) is 11.9 Å². The van der Waals surface area contributed by atoms with Crippen LogP contribution in [0.5, 0.6) is 0 Å². The van der Waals surface area contributed by atoms with Crippen LogP contribution in [0.15, 0.2) is 12.4 Å². The topological polar surface area (TPSA) is 67.2 Å². The van der Waals surface area contributed by atoms with E-state index in [2.05, 4.69) is 10.4 Å². The number of amides is 2. The highest BCUT2D eigenvalue weighted by molar-refractivity contribution is 5.97. The first-order valence-electron chi connectivity index (χ1n) is 8.80. The third-order valence-corrected chi connectivity index (χ3v) is 5.02. The maximum Gasteiger partial charge on any atom is 0.229 e. The molecule has 1 aromatic heterocycles. The molecule has 0 aromatic carbocycles. The molecule has 6 nitrogen and oxygen atoms in total. The van der Waals surface area contributed by atoms with Gasteiger partial charge in [-0.25, -0.2) is 0 Å². The Kier molecular flexibility index (Phi) is 4.98. The van der Waals surface area contributed by atoms with Crippen LogP contribution < -0.4 is 5.32 Å². The number of likely N-dealkylation sites (tertiary alicyclic amines) is 1. The van der Waals surface area contributed by atoms with E-state index in [1.54, 1.807) is 10.9 Å². The zero-order valence-corrected chi connectivity index (χ0v) is 13.8. The third-order valence-electron chi connectivity index (χ3n) is 5.02. The standard InChI is InChI=1S/C17H26N4O2/c1-2-20-12-14(10-18-20)19-17(23)13-9-16(22)21(11-13)15-7-5-3-4-6-8-15/h10,12-13,15H,2-9,11H2,1H3,(H,19,23). The first-order chi connectivity index (χ1) is 11.2. The van der Waals surface area contributed by atoms with Gasteiger partial charge in [0.05, 0.1) is 17.8 Å². The molecule has 0 radical (unpaired) electrons. The number of rotatable bonds is 4. The normalized spacial score (nSPS) is 23.1. The Labute approximate surface area is 137 Å². The smallest absolute Gasteiger partial charge is 0.229 e. The molecule has 126 valence electrons. The summed E-state index contributed by atoms with van der Waals surface area (Å²) in [5.74, 6) is -0.165. The van der Waals surface area contributed by atoms with Crippen LogP contribution in [0.1, 0.15) is 51.9 Å². The molecule has 1 atom stereocenters. The Hall–Kier alpha value is -1.85. The lowest BCUT2D eigenvalue weighted by Gasteiger charge is -2.27. The van der Waals surface area contributed by atoms with Crippen LogP contribution in [0.4, 0.5) is 5.69 Å². The molecule has 1 saturated carbocycles. The van der Waals surface area contributed by atoms with Crippen molar-refractivity contribution in [2.45, 2.75) is 64.5 Å². The first-order valence-corrected chi connectivity index (χ1v) is 8.80. The molecule has 2 aliphatic rings. The minimum atomic E-state index is -0.240. The van der Waals surface area contributed by atoms with Crippen LogP contribution in [0.2, 0.25) is 0 Å². The second-order valence-corrected chi connectivity index (χ2v) is 6.67. The van der Waals surface area contributed by atoms with Crippen LogP contribution in [0, 0.1) is 5.92 Å². The van der Waals surface area contributed by atoms with Gasteiger partial charge in [0, 0.05) is 31.7 Å². The number of carbonyl (C=O) groups is 2. The van der Waals surface area contributed by atoms with Crippen molar-refractivity contribution in [1.82, 2.24) is 14.7 Å². The van der Waals surface area contributed by atoms with Gasteiger partial charge in [-0.2, -0.15) is 5.10 Å². The van der Waals surface area contributed by atoms with Crippen molar-refractivity contribution in [1.29, 1.82) is 0 Å². The van der Waals surface area contributed by atoms with Gasteiger partial charge in [0.15, 0.2) is 0 Å². The predicted molar refractivity (Wildman–Crippen MR) is 87.8 cm³/mol. The molecule has 1 saturated heterocycles. The highest BCUT2D eigenvalue weighted by Crippen LogP contribution is 2.28. The van der Waals surface area contributed by atoms with Crippen molar-refractivity contribution >= 4 is 17.5 Å². The number of nitrogens with zero attached hydrogens (tertiary/aromatic N) is 3. The minimum absolute atomic E-state index is 0.0647. The number of anilines is 1. The lowest BCUT2D eigenvalue weighted by atomic mass is 10.1. The Balaban J connectivity index is 1.58. The predicted octanol–water partition coefficient (Wildman–Crippen LogP) is 2.41. The van der Waals surface area contributed by atoms with Crippen molar-refractivity contribution in [3.63, 3.8) is 0 Å². The molecule has 1 aliphatic heterocycles. The average molecular weight is 318 g/mol. The number of aromatic nitrogens is 2. The maximum absolute atomic E-state index is 12.4. The second-order valence-electron chi connectivity index (χ2n) is 6.67. The molecule has 1 aromatic rings. The van der Waals surface area contributed by atoms with E-state index >= 15 is 0 Å². The maximum atomic E-state index is 12.4. The van der Waals surface area contributed by atoms with Gasteiger partial charge in [-0.1, -0.05) is 25.7 Å². The van der Waals surface area contributed by atoms with E-state index in [1.807, 2.05) is 18.0 Å². The fraction of sp³-hybridized carbons (Fsp3) is 0.706. The fourth-order valence-electron chi connectivity index (χ4n) is 3.68. The second kappa shape index (κ2) is 7.15. The third kappa shape index (κ3) is 3.74. The van der Waals surface area contributed by atoms with Gasteiger partial charge in [0.1, 0.15) is 0 Å². The highest BCUT2D eigenvalue weighted by atomic mass is 16.2. The Morgan fingerprint density at radius 3 is 2.70 bits per heavy atom. The molecule has 2 amide bonds. The summed E-state index contributed by atoms with van der Waals surface area (Å²) in [4.78, 5) is 26.7.